The Labute approximate surface area is 218 Å². The highest BCUT2D eigenvalue weighted by atomic mass is 79.9. The van der Waals surface area contributed by atoms with Crippen molar-refractivity contribution in [2.45, 2.75) is 19.4 Å². The number of carbonyl (C=O) groups excluding carboxylic acids is 1. The first-order valence-electron chi connectivity index (χ1n) is 11.2. The Morgan fingerprint density at radius 3 is 2.44 bits per heavy atom. The molecule has 0 spiro atoms. The van der Waals surface area contributed by atoms with Gasteiger partial charge in [0.1, 0.15) is 18.2 Å². The third-order valence-corrected chi connectivity index (χ3v) is 5.87. The van der Waals surface area contributed by atoms with Crippen LogP contribution in [-0.4, -0.2) is 30.6 Å². The van der Waals surface area contributed by atoms with Crippen molar-refractivity contribution in [1.82, 2.24) is 5.32 Å². The van der Waals surface area contributed by atoms with Gasteiger partial charge in [-0.05, 0) is 75.8 Å². The lowest BCUT2D eigenvalue weighted by Crippen LogP contribution is -2.25. The van der Waals surface area contributed by atoms with Crippen LogP contribution in [0.1, 0.15) is 33.5 Å². The number of hydrogen-bond donors (Lipinski definition) is 2. The topological polar surface area (TPSA) is 109 Å². The van der Waals surface area contributed by atoms with Gasteiger partial charge in [-0.3, -0.25) is 4.79 Å². The average molecular weight is 549 g/mol. The molecule has 8 heteroatoms. The van der Waals surface area contributed by atoms with Gasteiger partial charge in [0.25, 0.3) is 5.91 Å². The number of aromatic carboxylic acids is 1. The molecule has 0 bridgehead atoms. The minimum atomic E-state index is -0.992. The summed E-state index contributed by atoms with van der Waals surface area (Å²) in [5.41, 5.74) is 2.75. The van der Waals surface area contributed by atoms with Crippen LogP contribution in [0, 0.1) is 11.3 Å². The smallest absolute Gasteiger partial charge is 0.335 e. The van der Waals surface area contributed by atoms with E-state index in [1.807, 2.05) is 36.4 Å². The van der Waals surface area contributed by atoms with E-state index in [0.29, 0.717) is 28.1 Å². The zero-order valence-corrected chi connectivity index (χ0v) is 21.2. The summed E-state index contributed by atoms with van der Waals surface area (Å²) in [6.07, 6.45) is 3.09. The number of benzene rings is 3. The van der Waals surface area contributed by atoms with E-state index in [-0.39, 0.29) is 17.7 Å². The zero-order chi connectivity index (χ0) is 25.9. The third-order valence-electron chi connectivity index (χ3n) is 5.28. The minimum absolute atomic E-state index is 0.0177. The van der Waals surface area contributed by atoms with Gasteiger partial charge >= 0.3 is 5.97 Å². The normalized spacial score (nSPS) is 10.9. The first-order valence-corrected chi connectivity index (χ1v) is 12.0. The summed E-state index contributed by atoms with van der Waals surface area (Å²) in [7, 11) is 1.49. The number of methoxy groups -OCH3 is 1. The standard InChI is InChI=1S/C28H25BrN2O5/c1-35-25-16-21(14-23(17-30)27(32)31-13-5-8-19-6-3-2-4-7-19)15-24(29)26(25)36-18-20-9-11-22(12-10-20)28(33)34/h2-4,6-7,9-12,14-16H,5,8,13,18H2,1H3,(H,31,32)(H,33,34)/b23-14-. The number of hydrogen-bond acceptors (Lipinski definition) is 5. The number of carboxylic acids is 1. The van der Waals surface area contributed by atoms with E-state index < -0.39 is 11.9 Å². The highest BCUT2D eigenvalue weighted by Crippen LogP contribution is 2.37. The maximum absolute atomic E-state index is 12.5. The van der Waals surface area contributed by atoms with Gasteiger partial charge in [0.2, 0.25) is 0 Å². The van der Waals surface area contributed by atoms with Crippen LogP contribution in [0.4, 0.5) is 0 Å². The fourth-order valence-corrected chi connectivity index (χ4v) is 3.99. The highest BCUT2D eigenvalue weighted by molar-refractivity contribution is 9.10. The van der Waals surface area contributed by atoms with Crippen molar-refractivity contribution in [2.75, 3.05) is 13.7 Å². The van der Waals surface area contributed by atoms with Gasteiger partial charge in [-0.15, -0.1) is 0 Å². The Hall–Kier alpha value is -4.09. The number of rotatable bonds is 11. The molecule has 1 amide bonds. The first-order chi connectivity index (χ1) is 17.4. The van der Waals surface area contributed by atoms with Crippen molar-refractivity contribution < 1.29 is 24.2 Å². The lowest BCUT2D eigenvalue weighted by Gasteiger charge is -2.14. The lowest BCUT2D eigenvalue weighted by molar-refractivity contribution is -0.117. The van der Waals surface area contributed by atoms with Crippen molar-refractivity contribution in [1.29, 1.82) is 5.26 Å². The number of carbonyl (C=O) groups is 2. The molecule has 184 valence electrons. The van der Waals surface area contributed by atoms with Crippen LogP contribution in [0.5, 0.6) is 11.5 Å². The molecule has 0 saturated carbocycles. The Morgan fingerprint density at radius 2 is 1.81 bits per heavy atom. The third kappa shape index (κ3) is 7.45. The molecule has 0 aliphatic carbocycles. The van der Waals surface area contributed by atoms with E-state index in [0.717, 1.165) is 18.4 Å². The van der Waals surface area contributed by atoms with Gasteiger partial charge < -0.3 is 19.9 Å². The van der Waals surface area contributed by atoms with Crippen LogP contribution in [0.25, 0.3) is 6.08 Å². The van der Waals surface area contributed by atoms with Crippen molar-refractivity contribution >= 4 is 33.9 Å². The molecular formula is C28H25BrN2O5. The number of ether oxygens (including phenoxy) is 2. The van der Waals surface area contributed by atoms with E-state index in [1.54, 1.807) is 24.3 Å². The quantitative estimate of drug-likeness (QED) is 0.189. The molecule has 0 aliphatic rings. The second-order valence-electron chi connectivity index (χ2n) is 7.84. The molecule has 0 unspecified atom stereocenters. The maximum Gasteiger partial charge on any atom is 0.335 e. The van der Waals surface area contributed by atoms with Crippen LogP contribution in [-0.2, 0) is 17.8 Å². The summed E-state index contributed by atoms with van der Waals surface area (Å²) in [5.74, 6) is -0.571. The predicted molar refractivity (Wildman–Crippen MR) is 140 cm³/mol. The van der Waals surface area contributed by atoms with Crippen LogP contribution in [0.15, 0.2) is 76.8 Å². The summed E-state index contributed by atoms with van der Waals surface area (Å²) in [5, 5.41) is 21.3. The van der Waals surface area contributed by atoms with Gasteiger partial charge in [0.05, 0.1) is 17.1 Å². The summed E-state index contributed by atoms with van der Waals surface area (Å²) in [6, 6.07) is 21.7. The molecule has 0 aromatic heterocycles. The molecule has 0 aliphatic heterocycles. The summed E-state index contributed by atoms with van der Waals surface area (Å²) < 4.78 is 11.9. The fourth-order valence-electron chi connectivity index (χ4n) is 3.41. The number of carboxylic acid groups (broad SMARTS) is 1. The monoisotopic (exact) mass is 548 g/mol. The first kappa shape index (κ1) is 26.5. The van der Waals surface area contributed by atoms with E-state index in [1.165, 1.54) is 30.9 Å². The molecule has 0 saturated heterocycles. The Morgan fingerprint density at radius 1 is 1.08 bits per heavy atom. The molecule has 2 N–H and O–H groups in total. The number of nitrogens with zero attached hydrogens (tertiary/aromatic N) is 1. The molecule has 0 atom stereocenters. The number of aryl methyl sites for hydroxylation is 1. The van der Waals surface area contributed by atoms with E-state index >= 15 is 0 Å². The van der Waals surface area contributed by atoms with E-state index in [9.17, 15) is 14.9 Å². The van der Waals surface area contributed by atoms with E-state index in [2.05, 4.69) is 21.2 Å². The summed E-state index contributed by atoms with van der Waals surface area (Å²) in [4.78, 5) is 23.5. The maximum atomic E-state index is 12.5. The minimum Gasteiger partial charge on any atom is -0.493 e. The Bertz CT molecular complexity index is 1280. The van der Waals surface area contributed by atoms with Gasteiger partial charge in [-0.1, -0.05) is 42.5 Å². The van der Waals surface area contributed by atoms with Crippen LogP contribution >= 0.6 is 15.9 Å². The zero-order valence-electron chi connectivity index (χ0n) is 19.7. The van der Waals surface area contributed by atoms with Crippen molar-refractivity contribution in [3.05, 3.63) is 99.0 Å². The van der Waals surface area contributed by atoms with Crippen molar-refractivity contribution in [3.8, 4) is 17.6 Å². The summed E-state index contributed by atoms with van der Waals surface area (Å²) in [6.45, 7) is 0.652. The number of halogens is 1. The van der Waals surface area contributed by atoms with Crippen molar-refractivity contribution in [2.24, 2.45) is 0 Å². The second kappa shape index (κ2) is 13.1. The van der Waals surface area contributed by atoms with Gasteiger partial charge in [-0.25, -0.2) is 4.79 Å². The second-order valence-corrected chi connectivity index (χ2v) is 8.69. The fraction of sp³-hybridized carbons (Fsp3) is 0.179. The largest absolute Gasteiger partial charge is 0.493 e. The molecule has 3 aromatic rings. The van der Waals surface area contributed by atoms with Crippen LogP contribution < -0.4 is 14.8 Å². The van der Waals surface area contributed by atoms with Crippen molar-refractivity contribution in [3.63, 3.8) is 0 Å². The van der Waals surface area contributed by atoms with Gasteiger partial charge in [-0.2, -0.15) is 5.26 Å². The molecule has 0 heterocycles. The van der Waals surface area contributed by atoms with Crippen LogP contribution in [0.3, 0.4) is 0 Å². The predicted octanol–water partition coefficient (Wildman–Crippen LogP) is 5.39. The Balaban J connectivity index is 1.65. The molecule has 7 nitrogen and oxygen atoms in total. The lowest BCUT2D eigenvalue weighted by atomic mass is 10.1. The van der Waals surface area contributed by atoms with E-state index in [4.69, 9.17) is 14.6 Å². The number of nitriles is 1. The molecule has 3 rings (SSSR count). The number of nitrogens with one attached hydrogen (secondary N) is 1. The highest BCUT2D eigenvalue weighted by Gasteiger charge is 2.14. The van der Waals surface area contributed by atoms with Gasteiger partial charge in [0, 0.05) is 6.54 Å². The number of amides is 1. The van der Waals surface area contributed by atoms with Crippen LogP contribution in [0.2, 0.25) is 0 Å². The van der Waals surface area contributed by atoms with Gasteiger partial charge in [0.15, 0.2) is 11.5 Å². The Kier molecular flexibility index (Phi) is 9.66. The molecule has 36 heavy (non-hydrogen) atoms. The molecule has 0 fully saturated rings. The molecular weight excluding hydrogens is 524 g/mol. The molecule has 0 radical (unpaired) electrons. The molecule has 3 aromatic carbocycles. The SMILES string of the molecule is COc1cc(/C=C(/C#N)C(=O)NCCCc2ccccc2)cc(Br)c1OCc1ccc(C(=O)O)cc1. The summed E-state index contributed by atoms with van der Waals surface area (Å²) >= 11 is 3.47. The average Bonchev–Trinajstić information content (AvgIpc) is 2.89.